The van der Waals surface area contributed by atoms with Gasteiger partial charge in [0.25, 0.3) is 0 Å². The molecule has 2 aliphatic heterocycles. The topological polar surface area (TPSA) is 65.0 Å². The SMILES string of the molecule is O=C1OC2(c3c(Cl)c(Cl)c(O)c(Br)c3Oc3c(Br)c(OCl)c(Br)c(Br)c32)c2c(Cl)ccc(Cl)c21. The minimum absolute atomic E-state index is 0.0199. The number of hydrogen-bond donors (Lipinski definition) is 1. The van der Waals surface area contributed by atoms with E-state index >= 15 is 0 Å². The number of ether oxygens (including phenoxy) is 2. The molecule has 5 nitrogen and oxygen atoms in total. The van der Waals surface area contributed by atoms with Gasteiger partial charge in [-0.3, -0.25) is 0 Å². The Morgan fingerprint density at radius 2 is 1.44 bits per heavy atom. The summed E-state index contributed by atoms with van der Waals surface area (Å²) in [6.45, 7) is 0. The Labute approximate surface area is 250 Å². The van der Waals surface area contributed by atoms with Crippen LogP contribution in [0.4, 0.5) is 0 Å². The third-order valence-corrected chi connectivity index (χ3v) is 10.5. The van der Waals surface area contributed by atoms with Crippen molar-refractivity contribution < 1.29 is 23.7 Å². The van der Waals surface area contributed by atoms with Crippen LogP contribution < -0.4 is 9.03 Å². The molecule has 0 aromatic heterocycles. The molecule has 3 aromatic rings. The summed E-state index contributed by atoms with van der Waals surface area (Å²) in [4.78, 5) is 13.3. The van der Waals surface area contributed by atoms with Crippen LogP contribution in [0.2, 0.25) is 20.1 Å². The number of phenols is 1. The maximum atomic E-state index is 13.3. The Balaban J connectivity index is 2.09. The highest BCUT2D eigenvalue weighted by Crippen LogP contribution is 2.67. The molecule has 0 aliphatic carbocycles. The molecule has 1 unspecified atom stereocenters. The number of aromatic hydroxyl groups is 1. The zero-order valence-electron chi connectivity index (χ0n) is 15.6. The molecule has 5 rings (SSSR count). The van der Waals surface area contributed by atoms with E-state index < -0.39 is 11.6 Å². The summed E-state index contributed by atoms with van der Waals surface area (Å²) < 4.78 is 18.3. The van der Waals surface area contributed by atoms with E-state index in [-0.39, 0.29) is 74.3 Å². The third kappa shape index (κ3) is 3.18. The van der Waals surface area contributed by atoms with Gasteiger partial charge in [-0.2, -0.15) is 0 Å². The minimum Gasteiger partial charge on any atom is -0.505 e. The van der Waals surface area contributed by atoms with Crippen molar-refractivity contribution >= 4 is 128 Å². The fraction of sp³-hybridized carbons (Fsp3) is 0.0500. The highest BCUT2D eigenvalue weighted by molar-refractivity contribution is 9.13. The molecule has 1 spiro atoms. The second kappa shape index (κ2) is 8.74. The van der Waals surface area contributed by atoms with Crippen molar-refractivity contribution in [3.8, 4) is 23.0 Å². The predicted octanol–water partition coefficient (Wildman–Crippen LogP) is 10.2. The zero-order chi connectivity index (χ0) is 24.9. The Hall–Kier alpha value is -0.100. The van der Waals surface area contributed by atoms with Gasteiger partial charge >= 0.3 is 5.97 Å². The van der Waals surface area contributed by atoms with Crippen LogP contribution >= 0.6 is 122 Å². The van der Waals surface area contributed by atoms with E-state index in [1.807, 2.05) is 0 Å². The van der Waals surface area contributed by atoms with Gasteiger partial charge in [-0.15, -0.1) is 0 Å². The summed E-state index contributed by atoms with van der Waals surface area (Å²) in [5.74, 6) is -0.825. The fourth-order valence-corrected chi connectivity index (χ4v) is 7.95. The molecule has 1 N–H and O–H groups in total. The van der Waals surface area contributed by atoms with Gasteiger partial charge in [-0.1, -0.05) is 46.4 Å². The van der Waals surface area contributed by atoms with Crippen molar-refractivity contribution in [3.63, 3.8) is 0 Å². The molecule has 14 heteroatoms. The Morgan fingerprint density at radius 3 is 2.09 bits per heavy atom. The number of phenolic OH excluding ortho intramolecular Hbond substituents is 1. The van der Waals surface area contributed by atoms with Crippen LogP contribution in [0.15, 0.2) is 30.0 Å². The first-order valence-corrected chi connectivity index (χ1v) is 13.8. The van der Waals surface area contributed by atoms with E-state index in [1.54, 1.807) is 0 Å². The van der Waals surface area contributed by atoms with Gasteiger partial charge in [-0.05, 0) is 75.9 Å². The molecule has 0 saturated carbocycles. The number of carbonyl (C=O) groups is 1. The van der Waals surface area contributed by atoms with Gasteiger partial charge in [0.05, 0.1) is 31.2 Å². The summed E-state index contributed by atoms with van der Waals surface area (Å²) in [5, 5.41) is 10.5. The molecule has 176 valence electrons. The lowest BCUT2D eigenvalue weighted by molar-refractivity contribution is 0.0221. The Kier molecular flexibility index (Phi) is 6.56. The van der Waals surface area contributed by atoms with Crippen molar-refractivity contribution in [2.75, 3.05) is 0 Å². The van der Waals surface area contributed by atoms with Crippen molar-refractivity contribution in [2.24, 2.45) is 0 Å². The lowest BCUT2D eigenvalue weighted by Gasteiger charge is -2.39. The average molecular weight is 820 g/mol. The predicted molar refractivity (Wildman–Crippen MR) is 144 cm³/mol. The molecular weight excluding hydrogens is 817 g/mol. The van der Waals surface area contributed by atoms with Crippen LogP contribution in [0.1, 0.15) is 27.0 Å². The summed E-state index contributed by atoms with van der Waals surface area (Å²) >= 11 is 45.5. The standard InChI is InChI=1S/C20H3Br4Cl5O5/c21-9-7-16(12(24)18(34-29)10(9)22)32-17-8(13(27)14(28)15(30)11(17)23)20(7)6-4(26)2-1-3(25)5(6)19(31)33-20/h1-2,30H. The molecule has 0 saturated heterocycles. The smallest absolute Gasteiger partial charge is 0.341 e. The number of carbonyl (C=O) groups excluding carboxylic acids is 1. The van der Waals surface area contributed by atoms with Gasteiger partial charge in [0.2, 0.25) is 0 Å². The molecule has 2 heterocycles. The number of benzene rings is 3. The van der Waals surface area contributed by atoms with E-state index in [0.717, 1.165) is 0 Å². The van der Waals surface area contributed by atoms with Gasteiger partial charge < -0.3 is 18.9 Å². The Bertz CT molecular complexity index is 1480. The van der Waals surface area contributed by atoms with Gasteiger partial charge in [0.15, 0.2) is 28.6 Å². The zero-order valence-corrected chi connectivity index (χ0v) is 25.8. The molecule has 3 aromatic carbocycles. The third-order valence-electron chi connectivity index (χ3n) is 5.38. The number of rotatable bonds is 1. The molecule has 0 bridgehead atoms. The highest BCUT2D eigenvalue weighted by atomic mass is 79.9. The first-order valence-electron chi connectivity index (χ1n) is 8.78. The van der Waals surface area contributed by atoms with Gasteiger partial charge in [0.1, 0.15) is 25.8 Å². The molecule has 1 atom stereocenters. The monoisotopic (exact) mass is 814 g/mol. The normalized spacial score (nSPS) is 17.7. The second-order valence-corrected chi connectivity index (χ2v) is 11.9. The van der Waals surface area contributed by atoms with Crippen LogP contribution in [-0.2, 0) is 10.3 Å². The minimum atomic E-state index is -1.80. The maximum Gasteiger partial charge on any atom is 0.341 e. The van der Waals surface area contributed by atoms with E-state index in [2.05, 4.69) is 63.7 Å². The van der Waals surface area contributed by atoms with Crippen molar-refractivity contribution in [1.82, 2.24) is 0 Å². The van der Waals surface area contributed by atoms with Crippen LogP contribution in [0.25, 0.3) is 0 Å². The van der Waals surface area contributed by atoms with E-state index in [0.29, 0.717) is 8.95 Å². The van der Waals surface area contributed by atoms with Crippen molar-refractivity contribution in [3.05, 3.63) is 72.4 Å². The molecule has 34 heavy (non-hydrogen) atoms. The molecule has 2 aliphatic rings. The summed E-state index contributed by atoms with van der Waals surface area (Å²) in [7, 11) is 0. The summed E-state index contributed by atoms with van der Waals surface area (Å²) in [5.41, 5.74) is -1.15. The Morgan fingerprint density at radius 1 is 0.824 bits per heavy atom. The highest BCUT2D eigenvalue weighted by Gasteiger charge is 2.59. The van der Waals surface area contributed by atoms with Crippen LogP contribution in [0.3, 0.4) is 0 Å². The van der Waals surface area contributed by atoms with E-state index in [9.17, 15) is 9.90 Å². The van der Waals surface area contributed by atoms with Gasteiger partial charge in [-0.25, -0.2) is 4.79 Å². The van der Waals surface area contributed by atoms with Crippen molar-refractivity contribution in [1.29, 1.82) is 0 Å². The average Bonchev–Trinajstić information content (AvgIpc) is 3.10. The molecular formula is C20H3Br4Cl5O5. The first-order chi connectivity index (χ1) is 16.0. The van der Waals surface area contributed by atoms with E-state index in [1.165, 1.54) is 12.1 Å². The number of fused-ring (bicyclic) bond motifs is 6. The van der Waals surface area contributed by atoms with Crippen LogP contribution in [0.5, 0.6) is 23.0 Å². The quantitative estimate of drug-likeness (QED) is 0.196. The number of esters is 1. The summed E-state index contributed by atoms with van der Waals surface area (Å²) in [6, 6.07) is 3.01. The van der Waals surface area contributed by atoms with E-state index in [4.69, 9.17) is 72.0 Å². The van der Waals surface area contributed by atoms with Crippen LogP contribution in [-0.4, -0.2) is 11.1 Å². The molecule has 0 radical (unpaired) electrons. The largest absolute Gasteiger partial charge is 0.505 e. The maximum absolute atomic E-state index is 13.3. The van der Waals surface area contributed by atoms with Crippen LogP contribution in [0, 0.1) is 0 Å². The fourth-order valence-electron chi connectivity index (χ4n) is 4.05. The summed E-state index contributed by atoms with van der Waals surface area (Å²) in [6.07, 6.45) is 0. The molecule has 0 fully saturated rings. The van der Waals surface area contributed by atoms with Crippen molar-refractivity contribution in [2.45, 2.75) is 5.60 Å². The number of halogens is 9. The lowest BCUT2D eigenvalue weighted by Crippen LogP contribution is -2.34. The number of hydrogen-bond acceptors (Lipinski definition) is 5. The molecule has 0 amide bonds. The second-order valence-electron chi connectivity index (χ2n) is 7.00. The first kappa shape index (κ1) is 25.5. The van der Waals surface area contributed by atoms with Gasteiger partial charge in [0, 0.05) is 15.1 Å². The lowest BCUT2D eigenvalue weighted by atomic mass is 9.77.